The predicted molar refractivity (Wildman–Crippen MR) is 102 cm³/mol. The van der Waals surface area contributed by atoms with Crippen LogP contribution in [0.15, 0.2) is 17.5 Å². The minimum atomic E-state index is -0.618. The standard InChI is InChI=1S/C18H20N2O4S2/c1-2-10-3-4-13-11(7-10)8-14(26-13)18(23)24-9-15(21)20-17-12(16(19)22)5-6-25-17/h5-6,8,10H,2-4,7,9H2,1H3,(H2,19,22)(H,20,21)/t10-/m1/s1. The molecule has 0 aromatic carbocycles. The fourth-order valence-corrected chi connectivity index (χ4v) is 4.92. The second-order valence-electron chi connectivity index (χ2n) is 6.23. The van der Waals surface area contributed by atoms with E-state index in [1.54, 1.807) is 5.38 Å². The van der Waals surface area contributed by atoms with Crippen LogP contribution < -0.4 is 11.1 Å². The predicted octanol–water partition coefficient (Wildman–Crippen LogP) is 3.22. The molecule has 1 aliphatic carbocycles. The molecule has 1 atom stereocenters. The number of hydrogen-bond acceptors (Lipinski definition) is 6. The first kappa shape index (κ1) is 18.6. The molecule has 0 radical (unpaired) electrons. The van der Waals surface area contributed by atoms with Gasteiger partial charge in [-0.25, -0.2) is 4.79 Å². The lowest BCUT2D eigenvalue weighted by atomic mass is 9.87. The summed E-state index contributed by atoms with van der Waals surface area (Å²) in [6.45, 7) is 1.78. The van der Waals surface area contributed by atoms with Crippen LogP contribution in [0.25, 0.3) is 0 Å². The molecule has 138 valence electrons. The SMILES string of the molecule is CC[C@@H]1CCc2sc(C(=O)OCC(=O)Nc3sccc3C(N)=O)cc2C1. The largest absolute Gasteiger partial charge is 0.451 e. The number of nitrogens with one attached hydrogen (secondary N) is 1. The first-order valence-electron chi connectivity index (χ1n) is 8.43. The minimum absolute atomic E-state index is 0.242. The lowest BCUT2D eigenvalue weighted by molar-refractivity contribution is -0.119. The van der Waals surface area contributed by atoms with Crippen molar-refractivity contribution in [1.29, 1.82) is 0 Å². The van der Waals surface area contributed by atoms with Crippen LogP contribution in [0, 0.1) is 5.92 Å². The summed E-state index contributed by atoms with van der Waals surface area (Å²) in [7, 11) is 0. The summed E-state index contributed by atoms with van der Waals surface area (Å²) in [5.74, 6) is -0.936. The van der Waals surface area contributed by atoms with E-state index in [2.05, 4.69) is 12.2 Å². The first-order valence-corrected chi connectivity index (χ1v) is 10.1. The zero-order valence-electron chi connectivity index (χ0n) is 14.4. The van der Waals surface area contributed by atoms with Gasteiger partial charge in [-0.1, -0.05) is 13.3 Å². The van der Waals surface area contributed by atoms with Crippen LogP contribution in [-0.2, 0) is 22.4 Å². The van der Waals surface area contributed by atoms with Gasteiger partial charge in [0.1, 0.15) is 9.88 Å². The topological polar surface area (TPSA) is 98.5 Å². The lowest BCUT2D eigenvalue weighted by Crippen LogP contribution is -2.22. The van der Waals surface area contributed by atoms with Crippen molar-refractivity contribution in [1.82, 2.24) is 0 Å². The van der Waals surface area contributed by atoms with Crippen molar-refractivity contribution in [2.45, 2.75) is 32.6 Å². The number of ether oxygens (including phenoxy) is 1. The van der Waals surface area contributed by atoms with Gasteiger partial charge in [0.05, 0.1) is 5.56 Å². The summed E-state index contributed by atoms with van der Waals surface area (Å²) >= 11 is 2.64. The quantitative estimate of drug-likeness (QED) is 0.738. The number of carbonyl (C=O) groups is 3. The zero-order valence-corrected chi connectivity index (χ0v) is 16.0. The van der Waals surface area contributed by atoms with E-state index in [0.717, 1.165) is 25.7 Å². The highest BCUT2D eigenvalue weighted by Gasteiger charge is 2.23. The third-order valence-corrected chi connectivity index (χ3v) is 6.53. The van der Waals surface area contributed by atoms with Crippen molar-refractivity contribution in [3.8, 4) is 0 Å². The highest BCUT2D eigenvalue weighted by atomic mass is 32.1. The van der Waals surface area contributed by atoms with E-state index < -0.39 is 24.4 Å². The van der Waals surface area contributed by atoms with Gasteiger partial charge < -0.3 is 15.8 Å². The summed E-state index contributed by atoms with van der Waals surface area (Å²) in [5.41, 5.74) is 6.71. The van der Waals surface area contributed by atoms with Crippen molar-refractivity contribution in [2.24, 2.45) is 11.7 Å². The average molecular weight is 393 g/mol. The highest BCUT2D eigenvalue weighted by molar-refractivity contribution is 7.15. The number of thiophene rings is 2. The Balaban J connectivity index is 1.56. The molecule has 0 bridgehead atoms. The fourth-order valence-electron chi connectivity index (χ4n) is 3.01. The Bertz CT molecular complexity index is 840. The van der Waals surface area contributed by atoms with Crippen molar-refractivity contribution >= 4 is 45.5 Å². The minimum Gasteiger partial charge on any atom is -0.451 e. The third kappa shape index (κ3) is 4.13. The molecule has 0 unspecified atom stereocenters. The monoisotopic (exact) mass is 392 g/mol. The van der Waals surface area contributed by atoms with E-state index in [-0.39, 0.29) is 5.56 Å². The van der Waals surface area contributed by atoms with Crippen LogP contribution in [0.2, 0.25) is 0 Å². The van der Waals surface area contributed by atoms with Gasteiger partial charge in [0.25, 0.3) is 11.8 Å². The van der Waals surface area contributed by atoms with Gasteiger partial charge in [-0.2, -0.15) is 0 Å². The molecular formula is C18H20N2O4S2. The van der Waals surface area contributed by atoms with E-state index in [9.17, 15) is 14.4 Å². The van der Waals surface area contributed by atoms with Gasteiger partial charge >= 0.3 is 5.97 Å². The molecule has 0 saturated heterocycles. The van der Waals surface area contributed by atoms with Crippen molar-refractivity contribution in [2.75, 3.05) is 11.9 Å². The Kier molecular flexibility index (Phi) is 5.73. The summed E-state index contributed by atoms with van der Waals surface area (Å²) in [5, 5.41) is 4.56. The van der Waals surface area contributed by atoms with Crippen molar-refractivity contribution in [3.05, 3.63) is 38.4 Å². The second-order valence-corrected chi connectivity index (χ2v) is 8.28. The maximum Gasteiger partial charge on any atom is 0.348 e. The van der Waals surface area contributed by atoms with Crippen LogP contribution in [0.4, 0.5) is 5.00 Å². The normalized spacial score (nSPS) is 16.0. The molecule has 26 heavy (non-hydrogen) atoms. The molecular weight excluding hydrogens is 372 g/mol. The van der Waals surface area contributed by atoms with E-state index in [0.29, 0.717) is 15.8 Å². The molecule has 2 heterocycles. The molecule has 8 heteroatoms. The number of aryl methyl sites for hydroxylation is 1. The van der Waals surface area contributed by atoms with Crippen LogP contribution in [0.1, 0.15) is 50.2 Å². The number of anilines is 1. The molecule has 3 rings (SSSR count). The molecule has 0 fully saturated rings. The molecule has 2 aromatic rings. The summed E-state index contributed by atoms with van der Waals surface area (Å²) in [6.07, 6.45) is 4.31. The number of carbonyl (C=O) groups excluding carboxylic acids is 3. The number of nitrogens with two attached hydrogens (primary N) is 1. The molecule has 0 aliphatic heterocycles. The zero-order chi connectivity index (χ0) is 18.7. The number of primary amides is 1. The Labute approximate surface area is 159 Å². The summed E-state index contributed by atoms with van der Waals surface area (Å²) in [6, 6.07) is 3.43. The van der Waals surface area contributed by atoms with Crippen LogP contribution in [0.3, 0.4) is 0 Å². The Morgan fingerprint density at radius 2 is 2.19 bits per heavy atom. The second kappa shape index (κ2) is 8.01. The third-order valence-electron chi connectivity index (χ3n) is 4.48. The number of fused-ring (bicyclic) bond motifs is 1. The lowest BCUT2D eigenvalue weighted by Gasteiger charge is -2.19. The van der Waals surface area contributed by atoms with Crippen molar-refractivity contribution in [3.63, 3.8) is 0 Å². The Hall–Kier alpha value is -2.19. The molecule has 2 aromatic heterocycles. The molecule has 0 spiro atoms. The first-order chi connectivity index (χ1) is 12.5. The number of esters is 1. The smallest absolute Gasteiger partial charge is 0.348 e. The number of rotatable bonds is 6. The van der Waals surface area contributed by atoms with E-state index in [1.807, 2.05) is 6.07 Å². The van der Waals surface area contributed by atoms with Gasteiger partial charge in [-0.15, -0.1) is 22.7 Å². The van der Waals surface area contributed by atoms with Gasteiger partial charge in [-0.05, 0) is 48.3 Å². The van der Waals surface area contributed by atoms with Crippen molar-refractivity contribution < 1.29 is 19.1 Å². The number of hydrogen-bond donors (Lipinski definition) is 2. The average Bonchev–Trinajstić information content (AvgIpc) is 3.25. The molecule has 3 N–H and O–H groups in total. The van der Waals surface area contributed by atoms with E-state index in [1.165, 1.54) is 39.2 Å². The highest BCUT2D eigenvalue weighted by Crippen LogP contribution is 2.33. The Morgan fingerprint density at radius 3 is 2.92 bits per heavy atom. The Morgan fingerprint density at radius 1 is 1.38 bits per heavy atom. The fraction of sp³-hybridized carbons (Fsp3) is 0.389. The van der Waals surface area contributed by atoms with Gasteiger partial charge in [0.2, 0.25) is 0 Å². The maximum atomic E-state index is 12.2. The summed E-state index contributed by atoms with van der Waals surface area (Å²) in [4.78, 5) is 37.2. The molecule has 0 saturated carbocycles. The van der Waals surface area contributed by atoms with Crippen LogP contribution in [-0.4, -0.2) is 24.4 Å². The van der Waals surface area contributed by atoms with Crippen LogP contribution >= 0.6 is 22.7 Å². The van der Waals surface area contributed by atoms with E-state index >= 15 is 0 Å². The maximum absolute atomic E-state index is 12.2. The number of amides is 2. The molecule has 2 amide bonds. The molecule has 1 aliphatic rings. The van der Waals surface area contributed by atoms with Gasteiger partial charge in [0, 0.05) is 4.88 Å². The van der Waals surface area contributed by atoms with Gasteiger partial charge in [0.15, 0.2) is 6.61 Å². The summed E-state index contributed by atoms with van der Waals surface area (Å²) < 4.78 is 5.12. The van der Waals surface area contributed by atoms with Gasteiger partial charge in [-0.3, -0.25) is 9.59 Å². The molecule has 6 nitrogen and oxygen atoms in total. The van der Waals surface area contributed by atoms with E-state index in [4.69, 9.17) is 10.5 Å². The van der Waals surface area contributed by atoms with Crippen LogP contribution in [0.5, 0.6) is 0 Å².